The molecule has 20 heavy (non-hydrogen) atoms. The van der Waals surface area contributed by atoms with Crippen molar-refractivity contribution in [1.82, 2.24) is 9.97 Å². The number of nitrogens with two attached hydrogens (primary N) is 1. The van der Waals surface area contributed by atoms with E-state index in [1.165, 1.54) is 18.5 Å². The van der Waals surface area contributed by atoms with Crippen LogP contribution in [-0.2, 0) is 0 Å². The van der Waals surface area contributed by atoms with Crippen LogP contribution in [0.25, 0.3) is 0 Å². The Morgan fingerprint density at radius 1 is 1.35 bits per heavy atom. The van der Waals surface area contributed by atoms with Gasteiger partial charge in [-0.1, -0.05) is 0 Å². The molecule has 0 bridgehead atoms. The summed E-state index contributed by atoms with van der Waals surface area (Å²) in [7, 11) is 0. The van der Waals surface area contributed by atoms with E-state index >= 15 is 0 Å². The molecule has 0 aliphatic rings. The molecule has 7 heteroatoms. The van der Waals surface area contributed by atoms with Crippen LogP contribution in [0.5, 0.6) is 0 Å². The van der Waals surface area contributed by atoms with Gasteiger partial charge in [-0.25, -0.2) is 9.37 Å². The Balaban J connectivity index is 2.44. The van der Waals surface area contributed by atoms with E-state index in [9.17, 15) is 9.18 Å². The topological polar surface area (TPSA) is 75.0 Å². The third-order valence-corrected chi connectivity index (χ3v) is 3.73. The molecule has 0 amide bonds. The van der Waals surface area contributed by atoms with Crippen LogP contribution in [0.4, 0.5) is 15.9 Å². The maximum absolute atomic E-state index is 13.0. The molecule has 3 N–H and O–H groups in total. The zero-order valence-electron chi connectivity index (χ0n) is 10.6. The molecule has 0 atom stereocenters. The van der Waals surface area contributed by atoms with E-state index in [2.05, 4.69) is 9.97 Å². The summed E-state index contributed by atoms with van der Waals surface area (Å²) in [5.74, 6) is 0.246. The standard InChI is InChI=1S/C13H14FIN4O/c14-9-2-4-10(5-3-9)19(7-1-6-16)12-11(15)13(20)18-8-17-12/h2-5,8H,1,6-7,16H2,(H,17,18,20). The fourth-order valence-electron chi connectivity index (χ4n) is 1.79. The summed E-state index contributed by atoms with van der Waals surface area (Å²) in [6, 6.07) is 6.07. The summed E-state index contributed by atoms with van der Waals surface area (Å²) < 4.78 is 13.5. The van der Waals surface area contributed by atoms with Crippen molar-refractivity contribution >= 4 is 34.1 Å². The van der Waals surface area contributed by atoms with E-state index in [0.717, 1.165) is 12.1 Å². The third kappa shape index (κ3) is 3.34. The number of anilines is 2. The number of nitrogens with one attached hydrogen (secondary N) is 1. The van der Waals surface area contributed by atoms with Crippen LogP contribution in [0.1, 0.15) is 6.42 Å². The van der Waals surface area contributed by atoms with Crippen LogP contribution in [0.3, 0.4) is 0 Å². The minimum atomic E-state index is -0.305. The molecule has 0 aliphatic carbocycles. The molecule has 0 fully saturated rings. The number of rotatable bonds is 5. The summed E-state index contributed by atoms with van der Waals surface area (Å²) in [6.45, 7) is 1.13. The normalized spacial score (nSPS) is 10.6. The highest BCUT2D eigenvalue weighted by Gasteiger charge is 2.15. The maximum atomic E-state index is 13.0. The van der Waals surface area contributed by atoms with Gasteiger partial charge in [-0.15, -0.1) is 0 Å². The quantitative estimate of drug-likeness (QED) is 0.769. The van der Waals surface area contributed by atoms with Gasteiger partial charge in [-0.2, -0.15) is 0 Å². The zero-order valence-corrected chi connectivity index (χ0v) is 12.8. The van der Waals surface area contributed by atoms with Crippen molar-refractivity contribution in [3.8, 4) is 0 Å². The Labute approximate surface area is 129 Å². The highest BCUT2D eigenvalue weighted by molar-refractivity contribution is 14.1. The van der Waals surface area contributed by atoms with E-state index in [1.54, 1.807) is 12.1 Å². The average Bonchev–Trinajstić information content (AvgIpc) is 2.45. The fourth-order valence-corrected chi connectivity index (χ4v) is 2.38. The maximum Gasteiger partial charge on any atom is 0.266 e. The molecule has 1 aromatic carbocycles. The number of benzene rings is 1. The number of hydrogen-bond donors (Lipinski definition) is 2. The molecule has 106 valence electrons. The first-order valence-corrected chi connectivity index (χ1v) is 7.17. The van der Waals surface area contributed by atoms with Gasteiger partial charge < -0.3 is 15.6 Å². The van der Waals surface area contributed by atoms with E-state index in [0.29, 0.717) is 22.5 Å². The molecule has 0 unspecified atom stereocenters. The zero-order chi connectivity index (χ0) is 14.5. The Kier molecular flexibility index (Phi) is 5.07. The number of halogens is 2. The Morgan fingerprint density at radius 2 is 2.05 bits per heavy atom. The molecule has 0 saturated carbocycles. The van der Waals surface area contributed by atoms with Crippen LogP contribution < -0.4 is 16.2 Å². The van der Waals surface area contributed by atoms with Gasteiger partial charge in [0, 0.05) is 12.2 Å². The van der Waals surface area contributed by atoms with Crippen molar-refractivity contribution in [1.29, 1.82) is 0 Å². The first-order valence-electron chi connectivity index (χ1n) is 6.10. The second kappa shape index (κ2) is 6.80. The second-order valence-corrected chi connectivity index (χ2v) is 5.22. The van der Waals surface area contributed by atoms with Crippen LogP contribution in [-0.4, -0.2) is 23.1 Å². The summed E-state index contributed by atoms with van der Waals surface area (Å²) in [4.78, 5) is 20.3. The lowest BCUT2D eigenvalue weighted by atomic mass is 10.2. The predicted molar refractivity (Wildman–Crippen MR) is 84.7 cm³/mol. The van der Waals surface area contributed by atoms with Crippen LogP contribution >= 0.6 is 22.6 Å². The molecule has 0 aliphatic heterocycles. The molecule has 2 rings (SSSR count). The highest BCUT2D eigenvalue weighted by Crippen LogP contribution is 2.26. The van der Waals surface area contributed by atoms with E-state index < -0.39 is 0 Å². The first kappa shape index (κ1) is 14.9. The molecule has 0 radical (unpaired) electrons. The monoisotopic (exact) mass is 388 g/mol. The van der Waals surface area contributed by atoms with Crippen LogP contribution in [0, 0.1) is 9.39 Å². The van der Waals surface area contributed by atoms with Gasteiger partial charge in [0.25, 0.3) is 5.56 Å². The second-order valence-electron chi connectivity index (χ2n) is 4.14. The van der Waals surface area contributed by atoms with Crippen molar-refractivity contribution in [3.05, 3.63) is 50.3 Å². The van der Waals surface area contributed by atoms with E-state index in [1.807, 2.05) is 27.5 Å². The number of aromatic amines is 1. The fraction of sp³-hybridized carbons (Fsp3) is 0.231. The van der Waals surface area contributed by atoms with Crippen molar-refractivity contribution < 1.29 is 4.39 Å². The van der Waals surface area contributed by atoms with Gasteiger partial charge >= 0.3 is 0 Å². The van der Waals surface area contributed by atoms with Crippen molar-refractivity contribution in [2.45, 2.75) is 6.42 Å². The Morgan fingerprint density at radius 3 is 2.70 bits per heavy atom. The highest BCUT2D eigenvalue weighted by atomic mass is 127. The molecule has 0 spiro atoms. The Hall–Kier alpha value is -1.48. The summed E-state index contributed by atoms with van der Waals surface area (Å²) in [6.07, 6.45) is 2.10. The van der Waals surface area contributed by atoms with Gasteiger partial charge in [0.15, 0.2) is 5.82 Å². The lowest BCUT2D eigenvalue weighted by molar-refractivity contribution is 0.627. The van der Waals surface area contributed by atoms with Gasteiger partial charge in [-0.3, -0.25) is 4.79 Å². The largest absolute Gasteiger partial charge is 0.330 e. The molecule has 1 heterocycles. The van der Waals surface area contributed by atoms with Crippen molar-refractivity contribution in [3.63, 3.8) is 0 Å². The number of hydrogen-bond acceptors (Lipinski definition) is 4. The summed E-state index contributed by atoms with van der Waals surface area (Å²) in [5.41, 5.74) is 6.12. The predicted octanol–water partition coefficient (Wildman–Crippen LogP) is 2.00. The van der Waals surface area contributed by atoms with Gasteiger partial charge in [0.1, 0.15) is 9.39 Å². The van der Waals surface area contributed by atoms with Crippen molar-refractivity contribution in [2.75, 3.05) is 18.0 Å². The lowest BCUT2D eigenvalue weighted by Crippen LogP contribution is -2.26. The molecule has 1 aromatic heterocycles. The molecular formula is C13H14FIN4O. The van der Waals surface area contributed by atoms with Gasteiger partial charge in [0.2, 0.25) is 0 Å². The van der Waals surface area contributed by atoms with E-state index in [-0.39, 0.29) is 11.4 Å². The summed E-state index contributed by atoms with van der Waals surface area (Å²) >= 11 is 1.95. The molecule has 5 nitrogen and oxygen atoms in total. The summed E-state index contributed by atoms with van der Waals surface area (Å²) in [5, 5.41) is 0. The molecule has 2 aromatic rings. The number of aromatic nitrogens is 2. The number of nitrogens with zero attached hydrogens (tertiary/aromatic N) is 2. The van der Waals surface area contributed by atoms with Crippen molar-refractivity contribution in [2.24, 2.45) is 5.73 Å². The third-order valence-electron chi connectivity index (χ3n) is 2.76. The smallest absolute Gasteiger partial charge is 0.266 e. The van der Waals surface area contributed by atoms with Crippen LogP contribution in [0.15, 0.2) is 35.4 Å². The SMILES string of the molecule is NCCCN(c1ccc(F)cc1)c1nc[nH]c(=O)c1I. The first-order chi connectivity index (χ1) is 9.63. The van der Waals surface area contributed by atoms with Gasteiger partial charge in [-0.05, 0) is 59.8 Å². The lowest BCUT2D eigenvalue weighted by Gasteiger charge is -2.24. The minimum absolute atomic E-state index is 0.199. The number of H-pyrrole nitrogens is 1. The Bertz CT molecular complexity index is 629. The average molecular weight is 388 g/mol. The van der Waals surface area contributed by atoms with Crippen LogP contribution in [0.2, 0.25) is 0 Å². The molecule has 0 saturated heterocycles. The van der Waals surface area contributed by atoms with Gasteiger partial charge in [0.05, 0.1) is 6.33 Å². The minimum Gasteiger partial charge on any atom is -0.330 e. The van der Waals surface area contributed by atoms with E-state index in [4.69, 9.17) is 5.73 Å². The molecular weight excluding hydrogens is 374 g/mol.